The van der Waals surface area contributed by atoms with Crippen molar-refractivity contribution in [2.75, 3.05) is 0 Å². The van der Waals surface area contributed by atoms with Crippen LogP contribution in [0.3, 0.4) is 0 Å². The summed E-state index contributed by atoms with van der Waals surface area (Å²) in [6, 6.07) is 6.40. The van der Waals surface area contributed by atoms with Gasteiger partial charge in [0.2, 0.25) is 0 Å². The lowest BCUT2D eigenvalue weighted by atomic mass is 9.92. The number of hydrogen-bond acceptors (Lipinski definition) is 0. The molecule has 2 heteroatoms. The molecule has 0 unspecified atom stereocenters. The maximum Gasteiger partial charge on any atom is 0.0462 e. The Morgan fingerprint density at radius 2 is 2.13 bits per heavy atom. The van der Waals surface area contributed by atoms with Crippen LogP contribution in [0.2, 0.25) is 0 Å². The van der Waals surface area contributed by atoms with E-state index in [1.807, 2.05) is 0 Å². The highest BCUT2D eigenvalue weighted by Gasteiger charge is 2.17. The Balaban J connectivity index is 2.36. The molecule has 1 aromatic carbocycles. The summed E-state index contributed by atoms with van der Waals surface area (Å²) >= 11 is 3.52. The molecule has 0 fully saturated rings. The second-order valence-electron chi connectivity index (χ2n) is 4.13. The Morgan fingerprint density at radius 1 is 1.27 bits per heavy atom. The first-order chi connectivity index (χ1) is 7.25. The van der Waals surface area contributed by atoms with Gasteiger partial charge in [0.05, 0.1) is 0 Å². The first kappa shape index (κ1) is 9.22. The molecule has 2 aromatic rings. The third-order valence-corrected chi connectivity index (χ3v) is 3.62. The third kappa shape index (κ3) is 1.36. The highest BCUT2D eigenvalue weighted by Crippen LogP contribution is 2.35. The van der Waals surface area contributed by atoms with Crippen LogP contribution in [-0.2, 0) is 6.42 Å². The number of aromatic nitrogens is 1. The Kier molecular flexibility index (Phi) is 1.99. The van der Waals surface area contributed by atoms with Gasteiger partial charge < -0.3 is 4.98 Å². The molecule has 0 radical (unpaired) electrons. The molecule has 0 atom stereocenters. The maximum absolute atomic E-state index is 4.13. The van der Waals surface area contributed by atoms with Crippen molar-refractivity contribution in [2.24, 2.45) is 0 Å². The summed E-state index contributed by atoms with van der Waals surface area (Å²) in [4.78, 5) is 3.47. The molecule has 0 saturated heterocycles. The van der Waals surface area contributed by atoms with Crippen LogP contribution in [0.15, 0.2) is 29.3 Å². The molecule has 3 rings (SSSR count). The molecule has 1 aliphatic carbocycles. The van der Waals surface area contributed by atoms with Crippen LogP contribution >= 0.6 is 15.9 Å². The number of aromatic amines is 1. The lowest BCUT2D eigenvalue weighted by Crippen LogP contribution is -1.98. The van der Waals surface area contributed by atoms with Gasteiger partial charge in [0.25, 0.3) is 0 Å². The van der Waals surface area contributed by atoms with Crippen LogP contribution in [0.5, 0.6) is 0 Å². The largest absolute Gasteiger partial charge is 0.355 e. The van der Waals surface area contributed by atoms with E-state index in [0.29, 0.717) is 0 Å². The average molecular weight is 262 g/mol. The average Bonchev–Trinajstić information content (AvgIpc) is 2.58. The first-order valence-electron chi connectivity index (χ1n) is 5.24. The van der Waals surface area contributed by atoms with Gasteiger partial charge in [-0.1, -0.05) is 22.5 Å². The highest BCUT2D eigenvalue weighted by atomic mass is 79.9. The molecular weight excluding hydrogens is 250 g/mol. The smallest absolute Gasteiger partial charge is 0.0462 e. The standard InChI is InChI=1S/C13H12BrN/c1-8-3-2-4-10-11-7-9(14)5-6-12(11)15-13(8)10/h5-7,15H,1-4H2. The predicted molar refractivity (Wildman–Crippen MR) is 68.0 cm³/mol. The molecule has 1 aromatic heterocycles. The van der Waals surface area contributed by atoms with Crippen molar-refractivity contribution in [1.29, 1.82) is 0 Å². The molecule has 0 bridgehead atoms. The van der Waals surface area contributed by atoms with Gasteiger partial charge in [-0.05, 0) is 48.6 Å². The van der Waals surface area contributed by atoms with Gasteiger partial charge in [0.1, 0.15) is 0 Å². The van der Waals surface area contributed by atoms with Gasteiger partial charge >= 0.3 is 0 Å². The molecule has 1 nitrogen and oxygen atoms in total. The quantitative estimate of drug-likeness (QED) is 0.729. The lowest BCUT2D eigenvalue weighted by molar-refractivity contribution is 0.825. The molecule has 15 heavy (non-hydrogen) atoms. The summed E-state index contributed by atoms with van der Waals surface area (Å²) in [6.07, 6.45) is 3.52. The van der Waals surface area contributed by atoms with E-state index in [9.17, 15) is 0 Å². The molecule has 0 saturated carbocycles. The fraction of sp³-hybridized carbons (Fsp3) is 0.231. The number of allylic oxidation sites excluding steroid dienone is 1. The number of aryl methyl sites for hydroxylation is 1. The summed E-state index contributed by atoms with van der Waals surface area (Å²) in [7, 11) is 0. The zero-order chi connectivity index (χ0) is 10.4. The zero-order valence-corrected chi connectivity index (χ0v) is 10.0. The summed E-state index contributed by atoms with van der Waals surface area (Å²) in [5.74, 6) is 0. The fourth-order valence-corrected chi connectivity index (χ4v) is 2.75. The third-order valence-electron chi connectivity index (χ3n) is 3.13. The zero-order valence-electron chi connectivity index (χ0n) is 8.44. The topological polar surface area (TPSA) is 15.8 Å². The van der Waals surface area contributed by atoms with Crippen molar-refractivity contribution in [3.8, 4) is 0 Å². The summed E-state index contributed by atoms with van der Waals surface area (Å²) in [6.45, 7) is 4.13. The van der Waals surface area contributed by atoms with Crippen LogP contribution in [0.1, 0.15) is 24.1 Å². The maximum atomic E-state index is 4.13. The molecule has 0 amide bonds. The number of nitrogens with one attached hydrogen (secondary N) is 1. The SMILES string of the molecule is C=C1CCCc2c1[nH]c1ccc(Br)cc21. The van der Waals surface area contributed by atoms with Crippen molar-refractivity contribution < 1.29 is 0 Å². The minimum Gasteiger partial charge on any atom is -0.355 e. The fourth-order valence-electron chi connectivity index (χ4n) is 2.38. The Hall–Kier alpha value is -1.02. The van der Waals surface area contributed by atoms with Crippen molar-refractivity contribution in [3.05, 3.63) is 40.5 Å². The van der Waals surface area contributed by atoms with E-state index >= 15 is 0 Å². The number of H-pyrrole nitrogens is 1. The van der Waals surface area contributed by atoms with E-state index < -0.39 is 0 Å². The van der Waals surface area contributed by atoms with E-state index in [1.54, 1.807) is 0 Å². The van der Waals surface area contributed by atoms with Crippen LogP contribution in [-0.4, -0.2) is 4.98 Å². The van der Waals surface area contributed by atoms with E-state index in [1.165, 1.54) is 40.6 Å². The molecular formula is C13H12BrN. The second-order valence-corrected chi connectivity index (χ2v) is 5.04. The van der Waals surface area contributed by atoms with Crippen molar-refractivity contribution in [1.82, 2.24) is 4.98 Å². The van der Waals surface area contributed by atoms with Gasteiger partial charge in [-0.15, -0.1) is 0 Å². The van der Waals surface area contributed by atoms with Gasteiger partial charge in [0, 0.05) is 21.1 Å². The normalized spacial score (nSPS) is 15.7. The monoisotopic (exact) mass is 261 g/mol. The highest BCUT2D eigenvalue weighted by molar-refractivity contribution is 9.10. The van der Waals surface area contributed by atoms with Gasteiger partial charge in [-0.3, -0.25) is 0 Å². The molecule has 0 aliphatic heterocycles. The Bertz CT molecular complexity index is 551. The molecule has 0 spiro atoms. The van der Waals surface area contributed by atoms with Gasteiger partial charge in [0.15, 0.2) is 0 Å². The van der Waals surface area contributed by atoms with Crippen LogP contribution in [0.4, 0.5) is 0 Å². The van der Waals surface area contributed by atoms with Gasteiger partial charge in [-0.2, -0.15) is 0 Å². The Labute approximate surface area is 97.3 Å². The number of fused-ring (bicyclic) bond motifs is 3. The minimum atomic E-state index is 1.13. The molecule has 1 heterocycles. The lowest BCUT2D eigenvalue weighted by Gasteiger charge is -2.13. The minimum absolute atomic E-state index is 1.13. The summed E-state index contributed by atoms with van der Waals surface area (Å²) in [5, 5.41) is 1.35. The summed E-state index contributed by atoms with van der Waals surface area (Å²) < 4.78 is 1.15. The van der Waals surface area contributed by atoms with Crippen molar-refractivity contribution >= 4 is 32.4 Å². The van der Waals surface area contributed by atoms with Crippen molar-refractivity contribution in [3.63, 3.8) is 0 Å². The van der Waals surface area contributed by atoms with Crippen LogP contribution in [0.25, 0.3) is 16.5 Å². The molecule has 1 aliphatic rings. The number of halogens is 1. The second kappa shape index (κ2) is 3.24. The van der Waals surface area contributed by atoms with Crippen molar-refractivity contribution in [2.45, 2.75) is 19.3 Å². The first-order valence-corrected chi connectivity index (χ1v) is 6.03. The molecule has 1 N–H and O–H groups in total. The van der Waals surface area contributed by atoms with Gasteiger partial charge in [-0.25, -0.2) is 0 Å². The van der Waals surface area contributed by atoms with E-state index in [0.717, 1.165) is 10.9 Å². The van der Waals surface area contributed by atoms with E-state index in [-0.39, 0.29) is 0 Å². The van der Waals surface area contributed by atoms with Crippen LogP contribution < -0.4 is 0 Å². The summed E-state index contributed by atoms with van der Waals surface area (Å²) in [5.41, 5.74) is 5.20. The Morgan fingerprint density at radius 3 is 3.00 bits per heavy atom. The number of benzene rings is 1. The van der Waals surface area contributed by atoms with E-state index in [2.05, 4.69) is 45.7 Å². The number of rotatable bonds is 0. The van der Waals surface area contributed by atoms with E-state index in [4.69, 9.17) is 0 Å². The van der Waals surface area contributed by atoms with Crippen LogP contribution in [0, 0.1) is 0 Å². The predicted octanol–water partition coefficient (Wildman–Crippen LogP) is 4.28. The number of hydrogen-bond donors (Lipinski definition) is 1. The molecule has 76 valence electrons.